The van der Waals surface area contributed by atoms with Crippen molar-refractivity contribution >= 4 is 12.2 Å². The van der Waals surface area contributed by atoms with Gasteiger partial charge in [-0.25, -0.2) is 4.39 Å². The Hall–Kier alpha value is -3.82. The molecule has 0 saturated carbocycles. The monoisotopic (exact) mass is 606 g/mol. The summed E-state index contributed by atoms with van der Waals surface area (Å²) in [7, 11) is 0. The van der Waals surface area contributed by atoms with Crippen LogP contribution in [0.2, 0.25) is 0 Å². The average molecular weight is 607 g/mol. The predicted molar refractivity (Wildman–Crippen MR) is 169 cm³/mol. The Labute approximate surface area is 256 Å². The largest absolute Gasteiger partial charge is 0.416 e. The van der Waals surface area contributed by atoms with Gasteiger partial charge in [-0.2, -0.15) is 13.2 Å². The first-order chi connectivity index (χ1) is 21.1. The first kappa shape index (κ1) is 33.1. The van der Waals surface area contributed by atoms with Crippen LogP contribution in [0.5, 0.6) is 0 Å². The van der Waals surface area contributed by atoms with Gasteiger partial charge in [0.2, 0.25) is 0 Å². The minimum absolute atomic E-state index is 0.0162. The molecule has 44 heavy (non-hydrogen) atoms. The van der Waals surface area contributed by atoms with Crippen LogP contribution in [0.1, 0.15) is 45.4 Å². The summed E-state index contributed by atoms with van der Waals surface area (Å²) in [6, 6.07) is 20.5. The lowest BCUT2D eigenvalue weighted by Gasteiger charge is -2.16. The number of rotatable bonds is 13. The van der Waals surface area contributed by atoms with Crippen LogP contribution in [0.4, 0.5) is 17.6 Å². The zero-order chi connectivity index (χ0) is 31.7. The molecule has 4 N–H and O–H groups in total. The molecule has 4 nitrogen and oxygen atoms in total. The van der Waals surface area contributed by atoms with Gasteiger partial charge in [0.25, 0.3) is 0 Å². The van der Waals surface area contributed by atoms with E-state index in [1.54, 1.807) is 18.2 Å². The van der Waals surface area contributed by atoms with Gasteiger partial charge in [-0.15, -0.1) is 0 Å². The summed E-state index contributed by atoms with van der Waals surface area (Å²) in [5.74, 6) is -0.337. The molecule has 0 saturated heterocycles. The molecule has 4 aromatic rings. The van der Waals surface area contributed by atoms with Gasteiger partial charge in [0.05, 0.1) is 12.2 Å². The SMILES string of the molecule is Cc1c(/C=C/c2cc(CNCCCO)ccc2C(F)(F)F)cccc1-c1cccc(-c2cc(CNCCO)ccc2F)c1C. The standard InChI is InChI=1S/C36H38F4N2O2/c1-24-28(12-13-29-20-26(22-41-16-5-18-43)10-14-34(29)36(38,39)40)6-3-7-30(24)31-8-4-9-32(25(31)2)33-21-27(11-15-35(33)37)23-42-17-19-44/h3-4,6-15,20-21,41-44H,5,16-19,22-23H2,1-2H3/b13-12+. The number of aliphatic hydroxyl groups is 2. The second-order valence-corrected chi connectivity index (χ2v) is 10.7. The third kappa shape index (κ3) is 8.21. The topological polar surface area (TPSA) is 64.5 Å². The van der Waals surface area contributed by atoms with Crippen LogP contribution in [0.15, 0.2) is 72.8 Å². The van der Waals surface area contributed by atoms with Crippen molar-refractivity contribution in [2.75, 3.05) is 26.3 Å². The van der Waals surface area contributed by atoms with Gasteiger partial charge in [-0.3, -0.25) is 0 Å². The molecule has 0 atom stereocenters. The van der Waals surface area contributed by atoms with Gasteiger partial charge in [0, 0.05) is 31.8 Å². The molecule has 4 aromatic carbocycles. The van der Waals surface area contributed by atoms with Crippen LogP contribution in [0, 0.1) is 19.7 Å². The highest BCUT2D eigenvalue weighted by Gasteiger charge is 2.32. The molecule has 0 amide bonds. The number of nitrogens with one attached hydrogen (secondary N) is 2. The molecule has 8 heteroatoms. The maximum Gasteiger partial charge on any atom is 0.416 e. The van der Waals surface area contributed by atoms with Gasteiger partial charge in [0.1, 0.15) is 5.82 Å². The predicted octanol–water partition coefficient (Wildman–Crippen LogP) is 7.52. The summed E-state index contributed by atoms with van der Waals surface area (Å²) in [5.41, 5.74) is 6.58. The van der Waals surface area contributed by atoms with E-state index in [9.17, 15) is 13.2 Å². The third-order valence-electron chi connectivity index (χ3n) is 7.64. The molecule has 0 heterocycles. The van der Waals surface area contributed by atoms with Crippen LogP contribution in [-0.4, -0.2) is 36.5 Å². The van der Waals surface area contributed by atoms with E-state index in [-0.39, 0.29) is 24.6 Å². The first-order valence-corrected chi connectivity index (χ1v) is 14.6. The second-order valence-electron chi connectivity index (χ2n) is 10.7. The lowest BCUT2D eigenvalue weighted by atomic mass is 9.88. The maximum absolute atomic E-state index is 15.0. The van der Waals surface area contributed by atoms with Crippen LogP contribution in [0.25, 0.3) is 34.4 Å². The van der Waals surface area contributed by atoms with E-state index in [0.29, 0.717) is 43.7 Å². The number of aliphatic hydroxyl groups excluding tert-OH is 2. The lowest BCUT2D eigenvalue weighted by molar-refractivity contribution is -0.137. The summed E-state index contributed by atoms with van der Waals surface area (Å²) in [6.45, 7) is 5.84. The van der Waals surface area contributed by atoms with Crippen LogP contribution in [0.3, 0.4) is 0 Å². The molecular formula is C36H38F4N2O2. The Morgan fingerprint density at radius 3 is 1.93 bits per heavy atom. The maximum atomic E-state index is 15.0. The van der Waals surface area contributed by atoms with Gasteiger partial charge in [0.15, 0.2) is 0 Å². The molecule has 232 valence electrons. The van der Waals surface area contributed by atoms with E-state index < -0.39 is 11.7 Å². The van der Waals surface area contributed by atoms with Crippen molar-refractivity contribution in [2.45, 2.75) is 39.5 Å². The summed E-state index contributed by atoms with van der Waals surface area (Å²) in [4.78, 5) is 0. The molecule has 0 fully saturated rings. The zero-order valence-electron chi connectivity index (χ0n) is 24.9. The number of hydrogen-bond donors (Lipinski definition) is 4. The molecular weight excluding hydrogens is 568 g/mol. The fourth-order valence-electron chi connectivity index (χ4n) is 5.28. The first-order valence-electron chi connectivity index (χ1n) is 14.6. The minimum Gasteiger partial charge on any atom is -0.396 e. The Morgan fingerprint density at radius 1 is 0.659 bits per heavy atom. The number of alkyl halides is 3. The normalized spacial score (nSPS) is 11.9. The molecule has 0 spiro atoms. The molecule has 0 radical (unpaired) electrons. The van der Waals surface area contributed by atoms with E-state index in [1.165, 1.54) is 18.2 Å². The Morgan fingerprint density at radius 2 is 1.25 bits per heavy atom. The van der Waals surface area contributed by atoms with Crippen molar-refractivity contribution in [1.82, 2.24) is 10.6 Å². The van der Waals surface area contributed by atoms with Crippen LogP contribution in [-0.2, 0) is 19.3 Å². The summed E-state index contributed by atoms with van der Waals surface area (Å²) in [5, 5.41) is 24.3. The summed E-state index contributed by atoms with van der Waals surface area (Å²) < 4.78 is 56.6. The average Bonchev–Trinajstić information content (AvgIpc) is 3.00. The molecule has 0 bridgehead atoms. The smallest absolute Gasteiger partial charge is 0.396 e. The number of benzene rings is 4. The molecule has 0 aliphatic carbocycles. The van der Waals surface area contributed by atoms with Gasteiger partial charge < -0.3 is 20.8 Å². The van der Waals surface area contributed by atoms with E-state index >= 15 is 4.39 Å². The fraction of sp³-hybridized carbons (Fsp3) is 0.278. The van der Waals surface area contributed by atoms with Crippen molar-refractivity contribution in [2.24, 2.45) is 0 Å². The zero-order valence-corrected chi connectivity index (χ0v) is 24.9. The lowest BCUT2D eigenvalue weighted by Crippen LogP contribution is -2.17. The summed E-state index contributed by atoms with van der Waals surface area (Å²) >= 11 is 0. The van der Waals surface area contributed by atoms with Gasteiger partial charge in [-0.05, 0) is 101 Å². The van der Waals surface area contributed by atoms with Crippen LogP contribution < -0.4 is 10.6 Å². The second kappa shape index (κ2) is 15.3. The minimum atomic E-state index is -4.50. The number of halogens is 4. The molecule has 0 aliphatic heterocycles. The van der Waals surface area contributed by atoms with E-state index in [4.69, 9.17) is 10.2 Å². The Kier molecular flexibility index (Phi) is 11.5. The van der Waals surface area contributed by atoms with Gasteiger partial charge >= 0.3 is 6.18 Å². The highest BCUT2D eigenvalue weighted by Crippen LogP contribution is 2.37. The Balaban J connectivity index is 1.68. The molecule has 0 aromatic heterocycles. The van der Waals surface area contributed by atoms with Gasteiger partial charge in [-0.1, -0.05) is 60.7 Å². The number of hydrogen-bond acceptors (Lipinski definition) is 4. The van der Waals surface area contributed by atoms with E-state index in [2.05, 4.69) is 10.6 Å². The van der Waals surface area contributed by atoms with Crippen molar-refractivity contribution in [3.63, 3.8) is 0 Å². The van der Waals surface area contributed by atoms with Crippen LogP contribution >= 0.6 is 0 Å². The molecule has 4 rings (SSSR count). The quantitative estimate of drug-likeness (QED) is 0.0723. The highest BCUT2D eigenvalue weighted by atomic mass is 19.4. The fourth-order valence-corrected chi connectivity index (χ4v) is 5.28. The molecule has 0 aliphatic rings. The highest BCUT2D eigenvalue weighted by molar-refractivity contribution is 5.83. The van der Waals surface area contributed by atoms with Crippen molar-refractivity contribution < 1.29 is 27.8 Å². The summed E-state index contributed by atoms with van der Waals surface area (Å²) in [6.07, 6.45) is -0.733. The van der Waals surface area contributed by atoms with E-state index in [1.807, 2.05) is 56.3 Å². The van der Waals surface area contributed by atoms with E-state index in [0.717, 1.165) is 45.0 Å². The third-order valence-corrected chi connectivity index (χ3v) is 7.64. The van der Waals surface area contributed by atoms with Crippen molar-refractivity contribution in [1.29, 1.82) is 0 Å². The van der Waals surface area contributed by atoms with Crippen molar-refractivity contribution in [3.05, 3.63) is 118 Å². The Bertz CT molecular complexity index is 1600. The van der Waals surface area contributed by atoms with Crippen molar-refractivity contribution in [3.8, 4) is 22.3 Å². The molecule has 0 unspecified atom stereocenters.